The summed E-state index contributed by atoms with van der Waals surface area (Å²) in [5, 5.41) is 0. The third-order valence-electron chi connectivity index (χ3n) is 5.55. The fourth-order valence-electron chi connectivity index (χ4n) is 4.00. The van der Waals surface area contributed by atoms with Gasteiger partial charge in [0.1, 0.15) is 0 Å². The molecule has 3 heteroatoms. The monoisotopic (exact) mass is 358 g/mol. The Morgan fingerprint density at radius 3 is 2.19 bits per heavy atom. The standard InChI is InChI=1S/C23H25F3/c24-15-3-1-2-4-17-5-7-18(8-6-17)19-9-11-20(12-10-19)21-13-14-22(25)23(26)16-21/h3,9-18H,1-2,4-8H2/b15-3+/t17-,18-. The molecule has 0 amide bonds. The van der Waals surface area contributed by atoms with Gasteiger partial charge in [-0.25, -0.2) is 13.2 Å². The van der Waals surface area contributed by atoms with Crippen LogP contribution in [0.3, 0.4) is 0 Å². The van der Waals surface area contributed by atoms with Crippen LogP contribution in [0.5, 0.6) is 0 Å². The SMILES string of the molecule is F/C=C/CCC[C@H]1CC[C@H](c2ccc(-c3ccc(F)c(F)c3)cc2)CC1. The lowest BCUT2D eigenvalue weighted by Gasteiger charge is -2.29. The second kappa shape index (κ2) is 9.07. The maximum Gasteiger partial charge on any atom is 0.159 e. The topological polar surface area (TPSA) is 0 Å². The minimum Gasteiger partial charge on any atom is -0.216 e. The Hall–Kier alpha value is -2.03. The van der Waals surface area contributed by atoms with E-state index in [9.17, 15) is 13.2 Å². The van der Waals surface area contributed by atoms with Crippen LogP contribution in [-0.4, -0.2) is 0 Å². The van der Waals surface area contributed by atoms with Gasteiger partial charge in [0.15, 0.2) is 11.6 Å². The van der Waals surface area contributed by atoms with Gasteiger partial charge in [0.2, 0.25) is 0 Å². The van der Waals surface area contributed by atoms with Crippen LogP contribution in [0.4, 0.5) is 13.2 Å². The van der Waals surface area contributed by atoms with Crippen LogP contribution < -0.4 is 0 Å². The summed E-state index contributed by atoms with van der Waals surface area (Å²) >= 11 is 0. The molecule has 0 aromatic heterocycles. The first-order valence-electron chi connectivity index (χ1n) is 9.48. The average molecular weight is 358 g/mol. The van der Waals surface area contributed by atoms with Crippen molar-refractivity contribution in [2.75, 3.05) is 0 Å². The van der Waals surface area contributed by atoms with Crippen molar-refractivity contribution >= 4 is 0 Å². The lowest BCUT2D eigenvalue weighted by Crippen LogP contribution is -2.13. The van der Waals surface area contributed by atoms with Gasteiger partial charge in [0.25, 0.3) is 0 Å². The van der Waals surface area contributed by atoms with Gasteiger partial charge >= 0.3 is 0 Å². The first kappa shape index (κ1) is 18.8. The summed E-state index contributed by atoms with van der Waals surface area (Å²) in [4.78, 5) is 0. The summed E-state index contributed by atoms with van der Waals surface area (Å²) < 4.78 is 38.4. The number of unbranched alkanes of at least 4 members (excludes halogenated alkanes) is 1. The van der Waals surface area contributed by atoms with Gasteiger partial charge < -0.3 is 0 Å². The highest BCUT2D eigenvalue weighted by molar-refractivity contribution is 5.63. The molecule has 1 aliphatic carbocycles. The molecule has 3 rings (SSSR count). The molecule has 1 fully saturated rings. The number of halogens is 3. The van der Waals surface area contributed by atoms with E-state index in [2.05, 4.69) is 12.1 Å². The minimum absolute atomic E-state index is 0.580. The van der Waals surface area contributed by atoms with Crippen LogP contribution in [-0.2, 0) is 0 Å². The van der Waals surface area contributed by atoms with Crippen molar-refractivity contribution in [2.24, 2.45) is 5.92 Å². The number of hydrogen-bond acceptors (Lipinski definition) is 0. The van der Waals surface area contributed by atoms with E-state index in [-0.39, 0.29) is 0 Å². The molecular weight excluding hydrogens is 333 g/mol. The highest BCUT2D eigenvalue weighted by atomic mass is 19.2. The van der Waals surface area contributed by atoms with E-state index in [0.29, 0.717) is 17.8 Å². The molecule has 138 valence electrons. The van der Waals surface area contributed by atoms with Gasteiger partial charge in [-0.05, 0) is 79.2 Å². The van der Waals surface area contributed by atoms with Crippen LogP contribution in [0.1, 0.15) is 56.4 Å². The van der Waals surface area contributed by atoms with Crippen molar-refractivity contribution in [1.29, 1.82) is 0 Å². The minimum atomic E-state index is -0.817. The summed E-state index contributed by atoms with van der Waals surface area (Å²) in [6, 6.07) is 12.3. The molecule has 1 saturated carbocycles. The number of benzene rings is 2. The largest absolute Gasteiger partial charge is 0.216 e. The Morgan fingerprint density at radius 1 is 0.846 bits per heavy atom. The zero-order valence-corrected chi connectivity index (χ0v) is 14.9. The Balaban J connectivity index is 1.55. The second-order valence-electron chi connectivity index (χ2n) is 7.26. The summed E-state index contributed by atoms with van der Waals surface area (Å²) in [5.74, 6) is -0.286. The lowest BCUT2D eigenvalue weighted by molar-refractivity contribution is 0.305. The molecule has 0 atom stereocenters. The van der Waals surface area contributed by atoms with Crippen LogP contribution in [0, 0.1) is 17.6 Å². The molecule has 0 heterocycles. The molecule has 0 radical (unpaired) electrons. The maximum absolute atomic E-state index is 13.4. The Labute approximate surface area is 153 Å². The van der Waals surface area contributed by atoms with Crippen molar-refractivity contribution in [2.45, 2.75) is 50.9 Å². The summed E-state index contributed by atoms with van der Waals surface area (Å²) in [7, 11) is 0. The number of allylic oxidation sites excluding steroid dienone is 1. The van der Waals surface area contributed by atoms with Gasteiger partial charge in [-0.2, -0.15) is 0 Å². The van der Waals surface area contributed by atoms with Crippen LogP contribution in [0.15, 0.2) is 54.9 Å². The fourth-order valence-corrected chi connectivity index (χ4v) is 4.00. The number of hydrogen-bond donors (Lipinski definition) is 0. The van der Waals surface area contributed by atoms with Crippen molar-refractivity contribution in [1.82, 2.24) is 0 Å². The Kier molecular flexibility index (Phi) is 6.54. The molecule has 2 aromatic rings. The van der Waals surface area contributed by atoms with E-state index >= 15 is 0 Å². The first-order valence-corrected chi connectivity index (χ1v) is 9.48. The van der Waals surface area contributed by atoms with E-state index in [1.807, 2.05) is 12.1 Å². The normalized spacial score (nSPS) is 20.6. The highest BCUT2D eigenvalue weighted by Gasteiger charge is 2.22. The predicted octanol–water partition coefficient (Wildman–Crippen LogP) is 7.56. The molecule has 26 heavy (non-hydrogen) atoms. The van der Waals surface area contributed by atoms with E-state index in [1.165, 1.54) is 49.8 Å². The van der Waals surface area contributed by atoms with Crippen LogP contribution in [0.25, 0.3) is 11.1 Å². The predicted molar refractivity (Wildman–Crippen MR) is 101 cm³/mol. The molecular formula is C23H25F3. The second-order valence-corrected chi connectivity index (χ2v) is 7.26. The van der Waals surface area contributed by atoms with Crippen molar-refractivity contribution in [3.8, 4) is 11.1 Å². The molecule has 1 aliphatic rings. The molecule has 0 nitrogen and oxygen atoms in total. The number of rotatable bonds is 6. The zero-order valence-electron chi connectivity index (χ0n) is 14.9. The third kappa shape index (κ3) is 4.78. The third-order valence-corrected chi connectivity index (χ3v) is 5.55. The highest BCUT2D eigenvalue weighted by Crippen LogP contribution is 2.38. The first-order chi connectivity index (χ1) is 12.7. The van der Waals surface area contributed by atoms with E-state index in [0.717, 1.165) is 24.3 Å². The fraction of sp³-hybridized carbons (Fsp3) is 0.391. The van der Waals surface area contributed by atoms with Gasteiger partial charge in [-0.15, -0.1) is 0 Å². The van der Waals surface area contributed by atoms with Crippen molar-refractivity contribution in [3.63, 3.8) is 0 Å². The summed E-state index contributed by atoms with van der Waals surface area (Å²) in [6.45, 7) is 0. The summed E-state index contributed by atoms with van der Waals surface area (Å²) in [6.07, 6.45) is 10.2. The zero-order chi connectivity index (χ0) is 18.4. The quantitative estimate of drug-likeness (QED) is 0.467. The smallest absolute Gasteiger partial charge is 0.159 e. The van der Waals surface area contributed by atoms with Crippen LogP contribution in [0.2, 0.25) is 0 Å². The van der Waals surface area contributed by atoms with Gasteiger partial charge in [0, 0.05) is 0 Å². The van der Waals surface area contributed by atoms with E-state index < -0.39 is 11.6 Å². The molecule has 0 N–H and O–H groups in total. The van der Waals surface area contributed by atoms with Gasteiger partial charge in [-0.3, -0.25) is 0 Å². The van der Waals surface area contributed by atoms with E-state index in [1.54, 1.807) is 12.1 Å². The Morgan fingerprint density at radius 2 is 1.54 bits per heavy atom. The molecule has 0 saturated heterocycles. The molecule has 2 aromatic carbocycles. The lowest BCUT2D eigenvalue weighted by atomic mass is 9.77. The van der Waals surface area contributed by atoms with Gasteiger partial charge in [0.05, 0.1) is 6.33 Å². The molecule has 0 bridgehead atoms. The maximum atomic E-state index is 13.4. The average Bonchev–Trinajstić information content (AvgIpc) is 2.68. The van der Waals surface area contributed by atoms with E-state index in [4.69, 9.17) is 0 Å². The van der Waals surface area contributed by atoms with Crippen molar-refractivity contribution < 1.29 is 13.2 Å². The summed E-state index contributed by atoms with van der Waals surface area (Å²) in [5.41, 5.74) is 2.93. The molecule has 0 unspecified atom stereocenters. The van der Waals surface area contributed by atoms with Crippen molar-refractivity contribution in [3.05, 3.63) is 72.1 Å². The Bertz CT molecular complexity index is 726. The van der Waals surface area contributed by atoms with Gasteiger partial charge in [-0.1, -0.05) is 42.8 Å². The molecule has 0 spiro atoms. The molecule has 0 aliphatic heterocycles. The van der Waals surface area contributed by atoms with Crippen LogP contribution >= 0.6 is 0 Å².